The SMILES string of the molecule is CCC(C(=O)O)N1CCC(c2noc3cc(F)ccc23)CC1. The largest absolute Gasteiger partial charge is 0.480 e. The van der Waals surface area contributed by atoms with Crippen molar-refractivity contribution in [3.05, 3.63) is 29.7 Å². The molecule has 0 spiro atoms. The average Bonchev–Trinajstić information content (AvgIpc) is 2.91. The predicted molar refractivity (Wildman–Crippen MR) is 79.2 cm³/mol. The number of hydrogen-bond acceptors (Lipinski definition) is 4. The quantitative estimate of drug-likeness (QED) is 0.940. The Kier molecular flexibility index (Phi) is 4.11. The molecular weight excluding hydrogens is 287 g/mol. The van der Waals surface area contributed by atoms with Crippen LogP contribution in [0.3, 0.4) is 0 Å². The number of piperidine rings is 1. The smallest absolute Gasteiger partial charge is 0.320 e. The monoisotopic (exact) mass is 306 g/mol. The third kappa shape index (κ3) is 2.70. The first-order chi connectivity index (χ1) is 10.6. The molecular formula is C16H19FN2O3. The predicted octanol–water partition coefficient (Wildman–Crippen LogP) is 3.01. The average molecular weight is 306 g/mol. The topological polar surface area (TPSA) is 66.6 Å². The van der Waals surface area contributed by atoms with Crippen LogP contribution in [-0.4, -0.2) is 40.3 Å². The molecule has 6 heteroatoms. The number of hydrogen-bond donors (Lipinski definition) is 1. The molecule has 1 unspecified atom stereocenters. The fourth-order valence-electron chi connectivity index (χ4n) is 3.30. The second-order valence-corrected chi connectivity index (χ2v) is 5.78. The molecule has 2 heterocycles. The summed E-state index contributed by atoms with van der Waals surface area (Å²) in [4.78, 5) is 13.3. The first-order valence-corrected chi connectivity index (χ1v) is 7.61. The van der Waals surface area contributed by atoms with Crippen LogP contribution in [0, 0.1) is 5.82 Å². The number of halogens is 1. The van der Waals surface area contributed by atoms with Gasteiger partial charge in [-0.05, 0) is 44.5 Å². The molecule has 1 atom stereocenters. The Balaban J connectivity index is 1.74. The first-order valence-electron chi connectivity index (χ1n) is 7.61. The second-order valence-electron chi connectivity index (χ2n) is 5.78. The molecule has 1 N–H and O–H groups in total. The van der Waals surface area contributed by atoms with Crippen LogP contribution in [0.25, 0.3) is 11.0 Å². The first kappa shape index (κ1) is 15.0. The van der Waals surface area contributed by atoms with E-state index in [0.29, 0.717) is 12.0 Å². The van der Waals surface area contributed by atoms with Gasteiger partial charge in [-0.15, -0.1) is 0 Å². The van der Waals surface area contributed by atoms with E-state index >= 15 is 0 Å². The molecule has 0 radical (unpaired) electrons. The van der Waals surface area contributed by atoms with Crippen molar-refractivity contribution in [2.75, 3.05) is 13.1 Å². The summed E-state index contributed by atoms with van der Waals surface area (Å²) in [5.74, 6) is -0.866. The summed E-state index contributed by atoms with van der Waals surface area (Å²) in [7, 11) is 0. The summed E-state index contributed by atoms with van der Waals surface area (Å²) in [6.45, 7) is 3.35. The van der Waals surface area contributed by atoms with Crippen LogP contribution in [0.1, 0.15) is 37.8 Å². The fraction of sp³-hybridized carbons (Fsp3) is 0.500. The fourth-order valence-corrected chi connectivity index (χ4v) is 3.30. The van der Waals surface area contributed by atoms with Gasteiger partial charge in [0.1, 0.15) is 11.9 Å². The zero-order chi connectivity index (χ0) is 15.7. The van der Waals surface area contributed by atoms with Crippen molar-refractivity contribution >= 4 is 16.9 Å². The third-order valence-electron chi connectivity index (χ3n) is 4.49. The summed E-state index contributed by atoms with van der Waals surface area (Å²) >= 11 is 0. The molecule has 1 saturated heterocycles. The number of aliphatic carboxylic acids is 1. The lowest BCUT2D eigenvalue weighted by Gasteiger charge is -2.34. The van der Waals surface area contributed by atoms with Gasteiger partial charge in [0.25, 0.3) is 0 Å². The number of carbonyl (C=O) groups is 1. The zero-order valence-corrected chi connectivity index (χ0v) is 12.5. The van der Waals surface area contributed by atoms with Crippen molar-refractivity contribution in [3.63, 3.8) is 0 Å². The number of carboxylic acids is 1. The van der Waals surface area contributed by atoms with E-state index in [0.717, 1.165) is 37.0 Å². The van der Waals surface area contributed by atoms with Gasteiger partial charge in [-0.1, -0.05) is 12.1 Å². The summed E-state index contributed by atoms with van der Waals surface area (Å²) in [5.41, 5.74) is 1.33. The van der Waals surface area contributed by atoms with Crippen molar-refractivity contribution in [2.45, 2.75) is 38.1 Å². The maximum atomic E-state index is 13.2. The van der Waals surface area contributed by atoms with Gasteiger partial charge in [0, 0.05) is 17.4 Å². The van der Waals surface area contributed by atoms with Gasteiger partial charge in [-0.2, -0.15) is 0 Å². The minimum absolute atomic E-state index is 0.231. The Morgan fingerprint density at radius 3 is 2.86 bits per heavy atom. The number of aromatic nitrogens is 1. The lowest BCUT2D eigenvalue weighted by atomic mass is 9.90. The number of benzene rings is 1. The van der Waals surface area contributed by atoms with E-state index < -0.39 is 12.0 Å². The van der Waals surface area contributed by atoms with Gasteiger partial charge in [0.2, 0.25) is 0 Å². The van der Waals surface area contributed by atoms with E-state index in [2.05, 4.69) is 5.16 Å². The molecule has 0 amide bonds. The molecule has 0 saturated carbocycles. The van der Waals surface area contributed by atoms with Crippen molar-refractivity contribution in [3.8, 4) is 0 Å². The highest BCUT2D eigenvalue weighted by Crippen LogP contribution is 2.33. The van der Waals surface area contributed by atoms with Crippen LogP contribution in [0.15, 0.2) is 22.7 Å². The Morgan fingerprint density at radius 1 is 1.50 bits per heavy atom. The molecule has 1 aromatic heterocycles. The lowest BCUT2D eigenvalue weighted by molar-refractivity contribution is -0.143. The van der Waals surface area contributed by atoms with Crippen LogP contribution in [0.5, 0.6) is 0 Å². The number of carboxylic acid groups (broad SMARTS) is 1. The summed E-state index contributed by atoms with van der Waals surface area (Å²) < 4.78 is 18.4. The molecule has 118 valence electrons. The third-order valence-corrected chi connectivity index (χ3v) is 4.49. The summed E-state index contributed by atoms with van der Waals surface area (Å²) in [5, 5.41) is 14.2. The molecule has 1 aromatic carbocycles. The van der Waals surface area contributed by atoms with Gasteiger partial charge in [-0.25, -0.2) is 4.39 Å². The van der Waals surface area contributed by atoms with Crippen molar-refractivity contribution in [1.82, 2.24) is 10.1 Å². The minimum atomic E-state index is -0.761. The Hall–Kier alpha value is -1.95. The molecule has 1 fully saturated rings. The van der Waals surface area contributed by atoms with Gasteiger partial charge in [0.15, 0.2) is 5.58 Å². The molecule has 1 aliphatic heterocycles. The van der Waals surface area contributed by atoms with Crippen LogP contribution in [0.2, 0.25) is 0 Å². The highest BCUT2D eigenvalue weighted by atomic mass is 19.1. The Bertz CT molecular complexity index is 677. The maximum absolute atomic E-state index is 13.2. The minimum Gasteiger partial charge on any atom is -0.480 e. The number of nitrogens with zero attached hydrogens (tertiary/aromatic N) is 2. The van der Waals surface area contributed by atoms with E-state index in [4.69, 9.17) is 4.52 Å². The van der Waals surface area contributed by atoms with Crippen LogP contribution in [-0.2, 0) is 4.79 Å². The van der Waals surface area contributed by atoms with Crippen LogP contribution >= 0.6 is 0 Å². The van der Waals surface area contributed by atoms with Crippen molar-refractivity contribution < 1.29 is 18.8 Å². The van der Waals surface area contributed by atoms with Crippen LogP contribution < -0.4 is 0 Å². The van der Waals surface area contributed by atoms with Gasteiger partial charge >= 0.3 is 5.97 Å². The van der Waals surface area contributed by atoms with Gasteiger partial charge in [-0.3, -0.25) is 9.69 Å². The van der Waals surface area contributed by atoms with E-state index in [1.807, 2.05) is 11.8 Å². The van der Waals surface area contributed by atoms with E-state index in [9.17, 15) is 14.3 Å². The number of fused-ring (bicyclic) bond motifs is 1. The Labute approximate surface area is 127 Å². The standard InChI is InChI=1S/C16H19FN2O3/c1-2-13(16(20)21)19-7-5-10(6-8-19)15-12-4-3-11(17)9-14(12)22-18-15/h3-4,9-10,13H,2,5-8H2,1H3,(H,20,21). The number of rotatable bonds is 4. The van der Waals surface area contributed by atoms with Crippen molar-refractivity contribution in [1.29, 1.82) is 0 Å². The van der Waals surface area contributed by atoms with Gasteiger partial charge < -0.3 is 9.63 Å². The van der Waals surface area contributed by atoms with Crippen molar-refractivity contribution in [2.24, 2.45) is 0 Å². The molecule has 5 nitrogen and oxygen atoms in total. The molecule has 2 aromatic rings. The zero-order valence-electron chi connectivity index (χ0n) is 12.5. The van der Waals surface area contributed by atoms with E-state index in [-0.39, 0.29) is 11.7 Å². The summed E-state index contributed by atoms with van der Waals surface area (Å²) in [6.07, 6.45) is 2.28. The highest BCUT2D eigenvalue weighted by Gasteiger charge is 2.30. The number of likely N-dealkylation sites (tertiary alicyclic amines) is 1. The Morgan fingerprint density at radius 2 is 2.23 bits per heavy atom. The molecule has 22 heavy (non-hydrogen) atoms. The molecule has 0 bridgehead atoms. The summed E-state index contributed by atoms with van der Waals surface area (Å²) in [6, 6.07) is 4.05. The lowest BCUT2D eigenvalue weighted by Crippen LogP contribution is -2.45. The molecule has 1 aliphatic rings. The normalized spacial score (nSPS) is 18.6. The van der Waals surface area contributed by atoms with Crippen LogP contribution in [0.4, 0.5) is 4.39 Å². The molecule has 3 rings (SSSR count). The van der Waals surface area contributed by atoms with E-state index in [1.54, 1.807) is 6.07 Å². The second kappa shape index (κ2) is 6.04. The maximum Gasteiger partial charge on any atom is 0.320 e. The molecule has 0 aliphatic carbocycles. The van der Waals surface area contributed by atoms with E-state index in [1.165, 1.54) is 12.1 Å². The van der Waals surface area contributed by atoms with Gasteiger partial charge in [0.05, 0.1) is 5.69 Å². The highest BCUT2D eigenvalue weighted by molar-refractivity contribution is 5.80.